The van der Waals surface area contributed by atoms with E-state index in [0.717, 1.165) is 0 Å². The van der Waals surface area contributed by atoms with Gasteiger partial charge in [-0.05, 0) is 18.2 Å². The molecule has 0 fully saturated rings. The SMILES string of the molecule is CNC(=O)c1ccc(NCCOCC(F)F)c(N)c1. The Labute approximate surface area is 110 Å². The van der Waals surface area contributed by atoms with Gasteiger partial charge in [-0.25, -0.2) is 8.78 Å². The average Bonchev–Trinajstić information content (AvgIpc) is 2.38. The van der Waals surface area contributed by atoms with E-state index in [4.69, 9.17) is 10.5 Å². The number of nitrogens with two attached hydrogens (primary N) is 1. The van der Waals surface area contributed by atoms with Crippen molar-refractivity contribution >= 4 is 17.3 Å². The van der Waals surface area contributed by atoms with Crippen molar-refractivity contribution in [3.8, 4) is 0 Å². The summed E-state index contributed by atoms with van der Waals surface area (Å²) in [5.74, 6) is -0.224. The summed E-state index contributed by atoms with van der Waals surface area (Å²) < 4.78 is 28.3. The van der Waals surface area contributed by atoms with E-state index in [1.54, 1.807) is 18.2 Å². The summed E-state index contributed by atoms with van der Waals surface area (Å²) >= 11 is 0. The minimum absolute atomic E-state index is 0.154. The first kappa shape index (κ1) is 15.2. The van der Waals surface area contributed by atoms with E-state index in [0.29, 0.717) is 23.5 Å². The zero-order valence-corrected chi connectivity index (χ0v) is 10.6. The van der Waals surface area contributed by atoms with Crippen LogP contribution in [0, 0.1) is 0 Å². The number of hydrogen-bond donors (Lipinski definition) is 3. The van der Waals surface area contributed by atoms with Crippen LogP contribution in [0.4, 0.5) is 20.2 Å². The molecule has 0 spiro atoms. The number of carbonyl (C=O) groups is 1. The van der Waals surface area contributed by atoms with Crippen LogP contribution in [0.15, 0.2) is 18.2 Å². The molecule has 0 saturated heterocycles. The van der Waals surface area contributed by atoms with Crippen LogP contribution in [-0.2, 0) is 4.74 Å². The summed E-state index contributed by atoms with van der Waals surface area (Å²) in [6.07, 6.45) is -2.46. The lowest BCUT2D eigenvalue weighted by Gasteiger charge is -2.10. The first-order valence-corrected chi connectivity index (χ1v) is 5.76. The van der Waals surface area contributed by atoms with E-state index in [9.17, 15) is 13.6 Å². The summed E-state index contributed by atoms with van der Waals surface area (Å²) in [5.41, 5.74) is 7.28. The predicted molar refractivity (Wildman–Crippen MR) is 69.6 cm³/mol. The summed E-state index contributed by atoms with van der Waals surface area (Å²) in [6, 6.07) is 4.83. The van der Waals surface area contributed by atoms with Gasteiger partial charge in [0, 0.05) is 19.2 Å². The van der Waals surface area contributed by atoms with Gasteiger partial charge in [0.15, 0.2) is 0 Å². The molecule has 0 bridgehead atoms. The Morgan fingerprint density at radius 2 is 2.21 bits per heavy atom. The van der Waals surface area contributed by atoms with Crippen LogP contribution in [0.25, 0.3) is 0 Å². The van der Waals surface area contributed by atoms with Gasteiger partial charge < -0.3 is 21.1 Å². The molecule has 0 aliphatic heterocycles. The fourth-order valence-electron chi connectivity index (χ4n) is 1.44. The smallest absolute Gasteiger partial charge is 0.261 e. The highest BCUT2D eigenvalue weighted by Crippen LogP contribution is 2.19. The molecule has 1 aromatic rings. The topological polar surface area (TPSA) is 76.4 Å². The number of amides is 1. The summed E-state index contributed by atoms with van der Waals surface area (Å²) in [6.45, 7) is -0.0655. The van der Waals surface area contributed by atoms with Crippen LogP contribution < -0.4 is 16.4 Å². The van der Waals surface area contributed by atoms with Gasteiger partial charge in [-0.2, -0.15) is 0 Å². The molecular formula is C12H17F2N3O2. The average molecular weight is 273 g/mol. The van der Waals surface area contributed by atoms with Crippen molar-refractivity contribution in [3.63, 3.8) is 0 Å². The Morgan fingerprint density at radius 3 is 2.79 bits per heavy atom. The maximum absolute atomic E-state index is 11.8. The van der Waals surface area contributed by atoms with Crippen molar-refractivity contribution in [2.45, 2.75) is 6.43 Å². The molecule has 4 N–H and O–H groups in total. The Bertz CT molecular complexity index is 427. The first-order chi connectivity index (χ1) is 9.04. The molecule has 1 aromatic carbocycles. The van der Waals surface area contributed by atoms with Crippen molar-refractivity contribution in [1.82, 2.24) is 5.32 Å². The highest BCUT2D eigenvalue weighted by atomic mass is 19.3. The van der Waals surface area contributed by atoms with Crippen molar-refractivity contribution in [2.24, 2.45) is 0 Å². The van der Waals surface area contributed by atoms with Crippen LogP contribution in [0.1, 0.15) is 10.4 Å². The monoisotopic (exact) mass is 273 g/mol. The van der Waals surface area contributed by atoms with Gasteiger partial charge in [0.05, 0.1) is 18.0 Å². The van der Waals surface area contributed by atoms with Gasteiger partial charge in [-0.1, -0.05) is 0 Å². The molecule has 0 aliphatic rings. The van der Waals surface area contributed by atoms with E-state index >= 15 is 0 Å². The number of halogens is 2. The van der Waals surface area contributed by atoms with Crippen molar-refractivity contribution in [3.05, 3.63) is 23.8 Å². The van der Waals surface area contributed by atoms with Gasteiger partial charge in [0.1, 0.15) is 6.61 Å². The van der Waals surface area contributed by atoms with Crippen LogP contribution in [-0.4, -0.2) is 39.1 Å². The molecule has 5 nitrogen and oxygen atoms in total. The fraction of sp³-hybridized carbons (Fsp3) is 0.417. The van der Waals surface area contributed by atoms with Gasteiger partial charge in [-0.3, -0.25) is 4.79 Å². The summed E-state index contributed by atoms with van der Waals surface area (Å²) in [7, 11) is 1.53. The van der Waals surface area contributed by atoms with E-state index in [2.05, 4.69) is 10.6 Å². The quantitative estimate of drug-likeness (QED) is 0.517. The maximum Gasteiger partial charge on any atom is 0.261 e. The van der Waals surface area contributed by atoms with Crippen molar-refractivity contribution < 1.29 is 18.3 Å². The number of anilines is 2. The molecule has 1 amide bonds. The highest BCUT2D eigenvalue weighted by Gasteiger charge is 2.06. The van der Waals surface area contributed by atoms with Gasteiger partial charge in [-0.15, -0.1) is 0 Å². The van der Waals surface area contributed by atoms with E-state index < -0.39 is 13.0 Å². The van der Waals surface area contributed by atoms with Gasteiger partial charge in [0.25, 0.3) is 12.3 Å². The van der Waals surface area contributed by atoms with E-state index in [1.165, 1.54) is 7.05 Å². The third kappa shape index (κ3) is 5.09. The second-order valence-corrected chi connectivity index (χ2v) is 3.77. The largest absolute Gasteiger partial charge is 0.397 e. The second-order valence-electron chi connectivity index (χ2n) is 3.77. The highest BCUT2D eigenvalue weighted by molar-refractivity contribution is 5.95. The second kappa shape index (κ2) is 7.52. The van der Waals surface area contributed by atoms with Crippen LogP contribution in [0.3, 0.4) is 0 Å². The standard InChI is InChI=1S/C12H17F2N3O2/c1-16-12(18)8-2-3-10(9(15)6-8)17-4-5-19-7-11(13)14/h2-3,6,11,17H,4-5,7,15H2,1H3,(H,16,18). The van der Waals surface area contributed by atoms with E-state index in [1.807, 2.05) is 0 Å². The molecule has 0 atom stereocenters. The molecule has 0 radical (unpaired) electrons. The van der Waals surface area contributed by atoms with Crippen molar-refractivity contribution in [2.75, 3.05) is 37.9 Å². The van der Waals surface area contributed by atoms with E-state index in [-0.39, 0.29) is 12.5 Å². The number of carbonyl (C=O) groups excluding carboxylic acids is 1. The molecule has 1 rings (SSSR count). The van der Waals surface area contributed by atoms with Crippen LogP contribution in [0.2, 0.25) is 0 Å². The number of nitrogen functional groups attached to an aromatic ring is 1. The number of alkyl halides is 2. The zero-order valence-electron chi connectivity index (χ0n) is 10.6. The normalized spacial score (nSPS) is 10.5. The number of hydrogen-bond acceptors (Lipinski definition) is 4. The number of rotatable bonds is 7. The van der Waals surface area contributed by atoms with Crippen molar-refractivity contribution in [1.29, 1.82) is 0 Å². The Hall–Kier alpha value is -1.89. The molecule has 0 aromatic heterocycles. The number of benzene rings is 1. The molecular weight excluding hydrogens is 256 g/mol. The molecule has 7 heteroatoms. The Kier molecular flexibility index (Phi) is 6.01. The predicted octanol–water partition coefficient (Wildman–Crippen LogP) is 1.32. The number of ether oxygens (including phenoxy) is 1. The summed E-state index contributed by atoms with van der Waals surface area (Å²) in [4.78, 5) is 11.4. The lowest BCUT2D eigenvalue weighted by Crippen LogP contribution is -2.18. The minimum Gasteiger partial charge on any atom is -0.397 e. The molecule has 106 valence electrons. The third-order valence-electron chi connectivity index (χ3n) is 2.35. The zero-order chi connectivity index (χ0) is 14.3. The Balaban J connectivity index is 2.44. The Morgan fingerprint density at radius 1 is 1.47 bits per heavy atom. The molecule has 0 saturated carbocycles. The van der Waals surface area contributed by atoms with Gasteiger partial charge >= 0.3 is 0 Å². The maximum atomic E-state index is 11.8. The third-order valence-corrected chi connectivity index (χ3v) is 2.35. The lowest BCUT2D eigenvalue weighted by atomic mass is 10.1. The molecule has 19 heavy (non-hydrogen) atoms. The molecule has 0 heterocycles. The minimum atomic E-state index is -2.46. The van der Waals surface area contributed by atoms with Crippen LogP contribution in [0.5, 0.6) is 0 Å². The number of nitrogens with one attached hydrogen (secondary N) is 2. The van der Waals surface area contributed by atoms with Gasteiger partial charge in [0.2, 0.25) is 0 Å². The summed E-state index contributed by atoms with van der Waals surface area (Å²) in [5, 5.41) is 5.44. The molecule has 0 unspecified atom stereocenters. The first-order valence-electron chi connectivity index (χ1n) is 5.76. The lowest BCUT2D eigenvalue weighted by molar-refractivity contribution is 0.0215. The molecule has 0 aliphatic carbocycles. The van der Waals surface area contributed by atoms with Crippen LogP contribution >= 0.6 is 0 Å². The fourth-order valence-corrected chi connectivity index (χ4v) is 1.44.